The second kappa shape index (κ2) is 6.25. The highest BCUT2D eigenvalue weighted by Gasteiger charge is 2.35. The molecule has 0 unspecified atom stereocenters. The van der Waals surface area contributed by atoms with Gasteiger partial charge in [-0.3, -0.25) is 4.57 Å². The number of aryl methyl sites for hydroxylation is 1. The van der Waals surface area contributed by atoms with Crippen LogP contribution >= 0.6 is 0 Å². The van der Waals surface area contributed by atoms with Crippen LogP contribution in [0.25, 0.3) is 5.82 Å². The van der Waals surface area contributed by atoms with E-state index in [9.17, 15) is 8.42 Å². The van der Waals surface area contributed by atoms with E-state index in [-0.39, 0.29) is 5.25 Å². The normalized spacial score (nSPS) is 14.9. The third kappa shape index (κ3) is 3.67. The summed E-state index contributed by atoms with van der Waals surface area (Å²) < 4.78 is 27.9. The minimum absolute atomic E-state index is 0.194. The average Bonchev–Trinajstić information content (AvgIpc) is 3.33. The van der Waals surface area contributed by atoms with E-state index in [4.69, 9.17) is 0 Å². The molecule has 0 saturated heterocycles. The first-order valence-electron chi connectivity index (χ1n) is 7.52. The van der Waals surface area contributed by atoms with Crippen molar-refractivity contribution in [2.24, 2.45) is 0 Å². The molecule has 2 N–H and O–H groups in total. The van der Waals surface area contributed by atoms with Gasteiger partial charge in [0, 0.05) is 24.8 Å². The van der Waals surface area contributed by atoms with Crippen LogP contribution in [-0.4, -0.2) is 46.3 Å². The molecular formula is C14H20N6O2S. The number of hydrogen-bond donors (Lipinski definition) is 2. The number of rotatable bonds is 7. The molecule has 0 bridgehead atoms. The molecule has 23 heavy (non-hydrogen) atoms. The summed E-state index contributed by atoms with van der Waals surface area (Å²) in [5.41, 5.74) is 1.97. The van der Waals surface area contributed by atoms with E-state index in [0.717, 1.165) is 30.0 Å². The first-order chi connectivity index (χ1) is 11.0. The summed E-state index contributed by atoms with van der Waals surface area (Å²) in [6.45, 7) is 4.72. The van der Waals surface area contributed by atoms with Gasteiger partial charge in [-0.1, -0.05) is 0 Å². The maximum absolute atomic E-state index is 11.7. The molecule has 1 aliphatic carbocycles. The van der Waals surface area contributed by atoms with Crippen molar-refractivity contribution in [1.29, 1.82) is 0 Å². The Bertz CT molecular complexity index is 797. The van der Waals surface area contributed by atoms with E-state index in [1.54, 1.807) is 6.33 Å². The van der Waals surface area contributed by atoms with Gasteiger partial charge in [0.25, 0.3) is 0 Å². The lowest BCUT2D eigenvalue weighted by Crippen LogP contribution is -2.31. The number of nitrogens with one attached hydrogen (secondary N) is 2. The molecule has 0 atom stereocenters. The zero-order chi connectivity index (χ0) is 16.4. The van der Waals surface area contributed by atoms with Crippen molar-refractivity contribution in [3.05, 3.63) is 30.1 Å². The summed E-state index contributed by atoms with van der Waals surface area (Å²) in [7, 11) is -3.13. The molecule has 9 heteroatoms. The number of imidazole rings is 1. The second-order valence-corrected chi connectivity index (χ2v) is 7.66. The monoisotopic (exact) mass is 336 g/mol. The molecule has 124 valence electrons. The molecule has 2 aromatic heterocycles. The van der Waals surface area contributed by atoms with Gasteiger partial charge in [-0.25, -0.2) is 28.1 Å². The van der Waals surface area contributed by atoms with Crippen LogP contribution < -0.4 is 10.0 Å². The Morgan fingerprint density at radius 2 is 2.00 bits per heavy atom. The number of hydrogen-bond acceptors (Lipinski definition) is 6. The zero-order valence-electron chi connectivity index (χ0n) is 13.2. The summed E-state index contributed by atoms with van der Waals surface area (Å²) in [5.74, 6) is 1.37. The molecule has 1 aliphatic rings. The molecule has 3 rings (SSSR count). The van der Waals surface area contributed by atoms with E-state index in [1.807, 2.05) is 24.5 Å². The van der Waals surface area contributed by atoms with Gasteiger partial charge in [-0.2, -0.15) is 0 Å². The Labute approximate surface area is 135 Å². The van der Waals surface area contributed by atoms with Crippen LogP contribution in [0.15, 0.2) is 18.7 Å². The SMILES string of the molecule is Cc1ncn(-c2cc(NCCNS(=O)(=O)C3CC3)ncn2)c1C. The number of nitrogens with zero attached hydrogens (tertiary/aromatic N) is 4. The van der Waals surface area contributed by atoms with Crippen molar-refractivity contribution in [1.82, 2.24) is 24.2 Å². The Balaban J connectivity index is 1.59. The van der Waals surface area contributed by atoms with E-state index in [1.165, 1.54) is 6.33 Å². The van der Waals surface area contributed by atoms with Crippen molar-refractivity contribution >= 4 is 15.8 Å². The van der Waals surface area contributed by atoms with Crippen LogP contribution in [-0.2, 0) is 10.0 Å². The molecule has 1 fully saturated rings. The summed E-state index contributed by atoms with van der Waals surface area (Å²) in [6, 6.07) is 1.81. The van der Waals surface area contributed by atoms with Crippen molar-refractivity contribution in [3.63, 3.8) is 0 Å². The minimum Gasteiger partial charge on any atom is -0.369 e. The van der Waals surface area contributed by atoms with Crippen LogP contribution in [0.2, 0.25) is 0 Å². The molecule has 0 aromatic carbocycles. The van der Waals surface area contributed by atoms with Crippen LogP contribution in [0.1, 0.15) is 24.2 Å². The Kier molecular flexibility index (Phi) is 4.31. The van der Waals surface area contributed by atoms with Gasteiger partial charge in [-0.05, 0) is 26.7 Å². The fourth-order valence-electron chi connectivity index (χ4n) is 2.19. The Morgan fingerprint density at radius 1 is 1.22 bits per heavy atom. The smallest absolute Gasteiger partial charge is 0.214 e. The lowest BCUT2D eigenvalue weighted by Gasteiger charge is -2.09. The highest BCUT2D eigenvalue weighted by atomic mass is 32.2. The molecule has 8 nitrogen and oxygen atoms in total. The topological polar surface area (TPSA) is 102 Å². The maximum atomic E-state index is 11.7. The summed E-state index contributed by atoms with van der Waals surface area (Å²) in [6.07, 6.45) is 4.73. The number of aromatic nitrogens is 4. The summed E-state index contributed by atoms with van der Waals surface area (Å²) in [5, 5.41) is 2.91. The summed E-state index contributed by atoms with van der Waals surface area (Å²) >= 11 is 0. The highest BCUT2D eigenvalue weighted by Crippen LogP contribution is 2.27. The molecule has 0 amide bonds. The number of sulfonamides is 1. The lowest BCUT2D eigenvalue weighted by molar-refractivity contribution is 0.581. The highest BCUT2D eigenvalue weighted by molar-refractivity contribution is 7.90. The van der Waals surface area contributed by atoms with Crippen molar-refractivity contribution in [2.45, 2.75) is 31.9 Å². The van der Waals surface area contributed by atoms with Gasteiger partial charge in [0.1, 0.15) is 24.3 Å². The third-order valence-corrected chi connectivity index (χ3v) is 5.80. The van der Waals surface area contributed by atoms with Gasteiger partial charge in [0.2, 0.25) is 10.0 Å². The van der Waals surface area contributed by atoms with Gasteiger partial charge in [0.15, 0.2) is 0 Å². The van der Waals surface area contributed by atoms with Crippen LogP contribution in [0, 0.1) is 13.8 Å². The largest absolute Gasteiger partial charge is 0.369 e. The van der Waals surface area contributed by atoms with E-state index >= 15 is 0 Å². The predicted octanol–water partition coefficient (Wildman–Crippen LogP) is 0.773. The molecule has 1 saturated carbocycles. The Morgan fingerprint density at radius 3 is 2.65 bits per heavy atom. The first kappa shape index (κ1) is 15.9. The third-order valence-electron chi connectivity index (χ3n) is 3.85. The maximum Gasteiger partial charge on any atom is 0.214 e. The quantitative estimate of drug-likeness (QED) is 0.724. The fourth-order valence-corrected chi connectivity index (χ4v) is 3.56. The van der Waals surface area contributed by atoms with Crippen molar-refractivity contribution in [3.8, 4) is 5.82 Å². The second-order valence-electron chi connectivity index (χ2n) is 5.61. The van der Waals surface area contributed by atoms with E-state index in [0.29, 0.717) is 18.9 Å². The van der Waals surface area contributed by atoms with Crippen LogP contribution in [0.5, 0.6) is 0 Å². The first-order valence-corrected chi connectivity index (χ1v) is 9.07. The molecule has 2 heterocycles. The fraction of sp³-hybridized carbons (Fsp3) is 0.500. The standard InChI is InChI=1S/C14H20N6O2S/c1-10-11(2)20(9-18-10)14-7-13(16-8-17-14)15-5-6-19-23(21,22)12-3-4-12/h7-9,12,19H,3-6H2,1-2H3,(H,15,16,17). The zero-order valence-corrected chi connectivity index (χ0v) is 14.0. The predicted molar refractivity (Wildman–Crippen MR) is 87.1 cm³/mol. The number of anilines is 1. The van der Waals surface area contributed by atoms with Crippen molar-refractivity contribution in [2.75, 3.05) is 18.4 Å². The molecular weight excluding hydrogens is 316 g/mol. The van der Waals surface area contributed by atoms with Gasteiger partial charge < -0.3 is 5.32 Å². The minimum atomic E-state index is -3.13. The van der Waals surface area contributed by atoms with Crippen molar-refractivity contribution < 1.29 is 8.42 Å². The van der Waals surface area contributed by atoms with Gasteiger partial charge in [0.05, 0.1) is 10.9 Å². The molecule has 0 aliphatic heterocycles. The van der Waals surface area contributed by atoms with E-state index in [2.05, 4.69) is 25.0 Å². The van der Waals surface area contributed by atoms with Gasteiger partial charge in [-0.15, -0.1) is 0 Å². The molecule has 0 radical (unpaired) electrons. The summed E-state index contributed by atoms with van der Waals surface area (Å²) in [4.78, 5) is 12.6. The lowest BCUT2D eigenvalue weighted by atomic mass is 10.4. The van der Waals surface area contributed by atoms with E-state index < -0.39 is 10.0 Å². The Hall–Kier alpha value is -2.00. The van der Waals surface area contributed by atoms with Gasteiger partial charge >= 0.3 is 0 Å². The van der Waals surface area contributed by atoms with Crippen LogP contribution in [0.4, 0.5) is 5.82 Å². The molecule has 2 aromatic rings. The van der Waals surface area contributed by atoms with Crippen LogP contribution in [0.3, 0.4) is 0 Å². The average molecular weight is 336 g/mol. The molecule has 0 spiro atoms.